The average molecular weight is 544 g/mol. The van der Waals surface area contributed by atoms with Gasteiger partial charge in [0.15, 0.2) is 0 Å². The Hall–Kier alpha value is -3.87. The van der Waals surface area contributed by atoms with Crippen LogP contribution >= 0.6 is 0 Å². The molecule has 1 aromatic heterocycles. The molecule has 0 saturated carbocycles. The van der Waals surface area contributed by atoms with E-state index in [0.29, 0.717) is 12.8 Å². The molecule has 0 bridgehead atoms. The van der Waals surface area contributed by atoms with Gasteiger partial charge in [0.05, 0.1) is 0 Å². The van der Waals surface area contributed by atoms with Crippen LogP contribution in [0.15, 0.2) is 30.3 Å². The first-order valence-corrected chi connectivity index (χ1v) is 13.0. The first-order valence-electron chi connectivity index (χ1n) is 13.0. The lowest BCUT2D eigenvalue weighted by molar-refractivity contribution is -0.134. The molecule has 0 aliphatic heterocycles. The molecule has 0 aliphatic carbocycles. The van der Waals surface area contributed by atoms with Crippen LogP contribution in [-0.2, 0) is 20.8 Å². The van der Waals surface area contributed by atoms with Crippen LogP contribution in [0.1, 0.15) is 64.1 Å². The Bertz CT molecular complexity index is 1090. The second-order valence-corrected chi connectivity index (χ2v) is 11.0. The summed E-state index contributed by atoms with van der Waals surface area (Å²) in [5, 5.41) is 23.5. The van der Waals surface area contributed by atoms with E-state index in [4.69, 9.17) is 5.73 Å². The fourth-order valence-corrected chi connectivity index (χ4v) is 3.96. The molecule has 13 nitrogen and oxygen atoms in total. The van der Waals surface area contributed by atoms with Crippen molar-refractivity contribution in [2.24, 2.45) is 17.6 Å². The van der Waals surface area contributed by atoms with Crippen molar-refractivity contribution in [1.29, 1.82) is 0 Å². The molecular formula is C26H41N9O4. The number of carbonyl (C=O) groups is 4. The molecule has 0 fully saturated rings. The number of amides is 4. The maximum Gasteiger partial charge on any atom is 0.292 e. The van der Waals surface area contributed by atoms with Gasteiger partial charge in [0.25, 0.3) is 11.7 Å². The van der Waals surface area contributed by atoms with Crippen molar-refractivity contribution in [2.75, 3.05) is 6.54 Å². The highest BCUT2D eigenvalue weighted by Crippen LogP contribution is 2.15. The number of rotatable bonds is 14. The number of hydrogen-bond donors (Lipinski definition) is 6. The first kappa shape index (κ1) is 31.3. The van der Waals surface area contributed by atoms with Gasteiger partial charge < -0.3 is 27.0 Å². The van der Waals surface area contributed by atoms with E-state index in [1.807, 2.05) is 58.0 Å². The largest absolute Gasteiger partial charge is 0.349 e. The molecule has 0 radical (unpaired) electrons. The minimum Gasteiger partial charge on any atom is -0.349 e. The Kier molecular flexibility index (Phi) is 11.5. The fourth-order valence-electron chi connectivity index (χ4n) is 3.96. The van der Waals surface area contributed by atoms with Crippen LogP contribution < -0.4 is 27.0 Å². The summed E-state index contributed by atoms with van der Waals surface area (Å²) < 4.78 is 0. The normalized spacial score (nSPS) is 13.9. The molecule has 3 atom stereocenters. The third-order valence-corrected chi connectivity index (χ3v) is 5.91. The number of nitrogens with zero attached hydrogens (tertiary/aromatic N) is 3. The molecule has 0 aliphatic rings. The van der Waals surface area contributed by atoms with E-state index in [1.165, 1.54) is 0 Å². The van der Waals surface area contributed by atoms with Crippen molar-refractivity contribution in [3.05, 3.63) is 41.7 Å². The summed E-state index contributed by atoms with van der Waals surface area (Å²) >= 11 is 0. The van der Waals surface area contributed by atoms with Gasteiger partial charge >= 0.3 is 0 Å². The number of aromatic nitrogens is 4. The van der Waals surface area contributed by atoms with E-state index >= 15 is 0 Å². The molecule has 0 saturated heterocycles. The SMILES string of the molecule is CC(C)C[C@H](NC(=O)[C@@H](NC(=O)[C@@H](N)CNC(=O)c1nn[nH]n1)C(C)C)C(=O)NC(C)(C)Cc1ccccc1. The molecule has 39 heavy (non-hydrogen) atoms. The summed E-state index contributed by atoms with van der Waals surface area (Å²) in [6.45, 7) is 11.1. The van der Waals surface area contributed by atoms with Gasteiger partial charge in [-0.2, -0.15) is 5.21 Å². The Balaban J connectivity index is 2.02. The van der Waals surface area contributed by atoms with Crippen LogP contribution in [-0.4, -0.2) is 74.5 Å². The number of nitrogens with one attached hydrogen (secondary N) is 5. The van der Waals surface area contributed by atoms with Gasteiger partial charge in [0, 0.05) is 12.1 Å². The number of carbonyl (C=O) groups excluding carboxylic acids is 4. The molecular weight excluding hydrogens is 502 g/mol. The predicted octanol–water partition coefficient (Wildman–Crippen LogP) is 0.0660. The van der Waals surface area contributed by atoms with Crippen LogP contribution in [0, 0.1) is 11.8 Å². The Labute approximate surface area is 228 Å². The standard InChI is InChI=1S/C26H41N9O4/c1-15(2)12-19(23(37)31-26(5,6)13-17-10-8-7-9-11-17)29-24(38)20(16(3)4)30-22(36)18(27)14-28-25(39)21-32-34-35-33-21/h7-11,15-16,18-20H,12-14,27H2,1-6H3,(H,28,39)(H,29,38)(H,30,36)(H,31,37)(H,32,33,34,35)/t18-,19-,20-/m0/s1. The molecule has 2 rings (SSSR count). The van der Waals surface area contributed by atoms with Gasteiger partial charge in [-0.05, 0) is 49.3 Å². The lowest BCUT2D eigenvalue weighted by Crippen LogP contribution is -2.60. The van der Waals surface area contributed by atoms with E-state index in [2.05, 4.69) is 41.9 Å². The zero-order chi connectivity index (χ0) is 29.2. The van der Waals surface area contributed by atoms with E-state index in [9.17, 15) is 19.2 Å². The van der Waals surface area contributed by atoms with Crippen LogP contribution in [0.25, 0.3) is 0 Å². The van der Waals surface area contributed by atoms with E-state index < -0.39 is 41.4 Å². The van der Waals surface area contributed by atoms with Crippen molar-refractivity contribution < 1.29 is 19.2 Å². The molecule has 1 aromatic carbocycles. The van der Waals surface area contributed by atoms with Crippen LogP contribution in [0.3, 0.4) is 0 Å². The minimum absolute atomic E-state index is 0.126. The van der Waals surface area contributed by atoms with Gasteiger partial charge in [-0.15, -0.1) is 10.2 Å². The number of benzene rings is 1. The Morgan fingerprint density at radius 2 is 1.64 bits per heavy atom. The zero-order valence-corrected chi connectivity index (χ0v) is 23.4. The summed E-state index contributed by atoms with van der Waals surface area (Å²) in [6, 6.07) is 6.95. The summed E-state index contributed by atoms with van der Waals surface area (Å²) in [5.74, 6) is -2.44. The first-order chi connectivity index (χ1) is 18.3. The third kappa shape index (κ3) is 10.4. The van der Waals surface area contributed by atoms with E-state index in [0.717, 1.165) is 5.56 Å². The molecule has 7 N–H and O–H groups in total. The van der Waals surface area contributed by atoms with Crippen LogP contribution in [0.5, 0.6) is 0 Å². The number of H-pyrrole nitrogens is 1. The second kappa shape index (κ2) is 14.3. The smallest absolute Gasteiger partial charge is 0.292 e. The molecule has 4 amide bonds. The topological polar surface area (TPSA) is 197 Å². The summed E-state index contributed by atoms with van der Waals surface area (Å²) in [5.41, 5.74) is 6.46. The van der Waals surface area contributed by atoms with E-state index in [1.54, 1.807) is 13.8 Å². The van der Waals surface area contributed by atoms with Crippen molar-refractivity contribution in [3.8, 4) is 0 Å². The molecule has 2 aromatic rings. The van der Waals surface area contributed by atoms with Crippen LogP contribution in [0.2, 0.25) is 0 Å². The highest BCUT2D eigenvalue weighted by Gasteiger charge is 2.32. The van der Waals surface area contributed by atoms with Crippen molar-refractivity contribution in [2.45, 2.75) is 78.0 Å². The van der Waals surface area contributed by atoms with Gasteiger partial charge in [0.1, 0.15) is 18.1 Å². The van der Waals surface area contributed by atoms with Gasteiger partial charge in [0.2, 0.25) is 17.7 Å². The van der Waals surface area contributed by atoms with E-state index in [-0.39, 0.29) is 30.1 Å². The number of aromatic amines is 1. The molecule has 0 unspecified atom stereocenters. The fraction of sp³-hybridized carbons (Fsp3) is 0.577. The maximum absolute atomic E-state index is 13.3. The minimum atomic E-state index is -1.14. The summed E-state index contributed by atoms with van der Waals surface area (Å²) in [4.78, 5) is 51.3. The van der Waals surface area contributed by atoms with Crippen molar-refractivity contribution in [1.82, 2.24) is 41.9 Å². The maximum atomic E-state index is 13.3. The predicted molar refractivity (Wildman–Crippen MR) is 145 cm³/mol. The lowest BCUT2D eigenvalue weighted by Gasteiger charge is -2.31. The van der Waals surface area contributed by atoms with Crippen molar-refractivity contribution >= 4 is 23.6 Å². The number of tetrazole rings is 1. The van der Waals surface area contributed by atoms with Gasteiger partial charge in [-0.1, -0.05) is 58.0 Å². The molecule has 13 heteroatoms. The van der Waals surface area contributed by atoms with Crippen molar-refractivity contribution in [3.63, 3.8) is 0 Å². The third-order valence-electron chi connectivity index (χ3n) is 5.91. The second-order valence-electron chi connectivity index (χ2n) is 11.0. The summed E-state index contributed by atoms with van der Waals surface area (Å²) in [6.07, 6.45) is 1.03. The quantitative estimate of drug-likeness (QED) is 0.192. The molecule has 1 heterocycles. The Morgan fingerprint density at radius 1 is 0.974 bits per heavy atom. The average Bonchev–Trinajstić information content (AvgIpc) is 3.39. The summed E-state index contributed by atoms with van der Waals surface area (Å²) in [7, 11) is 0. The zero-order valence-electron chi connectivity index (χ0n) is 23.4. The Morgan fingerprint density at radius 3 is 2.21 bits per heavy atom. The van der Waals surface area contributed by atoms with Gasteiger partial charge in [-0.3, -0.25) is 19.2 Å². The van der Waals surface area contributed by atoms with Gasteiger partial charge in [-0.25, -0.2) is 0 Å². The molecule has 214 valence electrons. The highest BCUT2D eigenvalue weighted by atomic mass is 16.2. The molecule has 0 spiro atoms. The monoisotopic (exact) mass is 543 g/mol. The number of nitrogens with two attached hydrogens (primary N) is 1. The van der Waals surface area contributed by atoms with Crippen LogP contribution in [0.4, 0.5) is 0 Å². The number of hydrogen-bond acceptors (Lipinski definition) is 8. The highest BCUT2D eigenvalue weighted by molar-refractivity contribution is 5.94. The lowest BCUT2D eigenvalue weighted by atomic mass is 9.93.